The van der Waals surface area contributed by atoms with E-state index in [1.807, 2.05) is 0 Å². The molecule has 6 atom stereocenters. The Morgan fingerprint density at radius 1 is 1.13 bits per heavy atom. The molecule has 0 saturated heterocycles. The Morgan fingerprint density at radius 2 is 1.91 bits per heavy atom. The maximum absolute atomic E-state index is 10.2. The lowest BCUT2D eigenvalue weighted by atomic mass is 9.44. The second-order valence-electron chi connectivity index (χ2n) is 9.41. The van der Waals surface area contributed by atoms with E-state index in [1.54, 1.807) is 5.57 Å². The summed E-state index contributed by atoms with van der Waals surface area (Å²) in [5, 5.41) is 23.3. The van der Waals surface area contributed by atoms with Crippen LogP contribution in [0.5, 0.6) is 0 Å². The molecule has 0 spiro atoms. The molecule has 0 aromatic carbocycles. The van der Waals surface area contributed by atoms with E-state index in [4.69, 9.17) is 0 Å². The molecule has 3 saturated carbocycles. The van der Waals surface area contributed by atoms with Gasteiger partial charge < -0.3 is 10.3 Å². The smallest absolute Gasteiger partial charge is 0.0635 e. The van der Waals surface area contributed by atoms with Crippen LogP contribution >= 0.6 is 0 Å². The van der Waals surface area contributed by atoms with Crippen LogP contribution < -0.4 is 0 Å². The zero-order chi connectivity index (χ0) is 16.5. The van der Waals surface area contributed by atoms with Crippen molar-refractivity contribution in [2.75, 3.05) is 0 Å². The van der Waals surface area contributed by atoms with E-state index in [1.165, 1.54) is 19.3 Å². The van der Waals surface area contributed by atoms with Gasteiger partial charge >= 0.3 is 0 Å². The van der Waals surface area contributed by atoms with Crippen molar-refractivity contribution in [1.82, 2.24) is 0 Å². The van der Waals surface area contributed by atoms with Gasteiger partial charge in [0.05, 0.1) is 11.8 Å². The average Bonchev–Trinajstić information content (AvgIpc) is 2.85. The number of hydrogen-bond acceptors (Lipinski definition) is 3. The molecule has 0 aromatic rings. The monoisotopic (exact) mass is 317 g/mol. The van der Waals surface area contributed by atoms with Crippen LogP contribution in [-0.4, -0.2) is 22.1 Å². The summed E-state index contributed by atoms with van der Waals surface area (Å²) >= 11 is 0. The van der Waals surface area contributed by atoms with Gasteiger partial charge in [0.25, 0.3) is 0 Å². The van der Waals surface area contributed by atoms with Gasteiger partial charge in [-0.1, -0.05) is 37.6 Å². The molecule has 0 unspecified atom stereocenters. The van der Waals surface area contributed by atoms with Crippen LogP contribution in [0.15, 0.2) is 16.8 Å². The Balaban J connectivity index is 1.75. The molecule has 0 amide bonds. The van der Waals surface area contributed by atoms with E-state index in [9.17, 15) is 10.3 Å². The molecule has 128 valence electrons. The summed E-state index contributed by atoms with van der Waals surface area (Å²) in [4.78, 5) is 0. The van der Waals surface area contributed by atoms with Gasteiger partial charge in [0.2, 0.25) is 0 Å². The zero-order valence-corrected chi connectivity index (χ0v) is 14.8. The number of aliphatic hydroxyl groups is 1. The van der Waals surface area contributed by atoms with Crippen LogP contribution in [0.2, 0.25) is 0 Å². The molecule has 0 aromatic heterocycles. The average molecular weight is 317 g/mol. The fraction of sp³-hybridized carbons (Fsp3) is 0.850. The van der Waals surface area contributed by atoms with E-state index in [-0.39, 0.29) is 22.3 Å². The number of fused-ring (bicyclic) bond motifs is 5. The van der Waals surface area contributed by atoms with E-state index in [0.29, 0.717) is 11.8 Å². The van der Waals surface area contributed by atoms with Gasteiger partial charge in [-0.25, -0.2) is 0 Å². The molecule has 4 aliphatic rings. The first-order valence-corrected chi connectivity index (χ1v) is 9.44. The van der Waals surface area contributed by atoms with Crippen molar-refractivity contribution in [3.8, 4) is 0 Å². The van der Waals surface area contributed by atoms with Crippen molar-refractivity contribution in [2.45, 2.75) is 78.2 Å². The third-order valence-corrected chi connectivity index (χ3v) is 8.56. The minimum atomic E-state index is -0.112. The fourth-order valence-electron chi connectivity index (χ4n) is 6.82. The van der Waals surface area contributed by atoms with Crippen molar-refractivity contribution in [3.05, 3.63) is 11.6 Å². The highest BCUT2D eigenvalue weighted by Gasteiger charge is 2.60. The predicted octanol–water partition coefficient (Wildman–Crippen LogP) is 4.53. The minimum Gasteiger partial charge on any atom is -0.411 e. The summed E-state index contributed by atoms with van der Waals surface area (Å²) in [6.07, 6.45) is 11.0. The molecule has 3 heteroatoms. The van der Waals surface area contributed by atoms with Crippen LogP contribution in [-0.2, 0) is 0 Å². The number of nitrogens with zero attached hydrogens (tertiary/aromatic N) is 1. The molecule has 4 aliphatic carbocycles. The molecule has 0 aliphatic heterocycles. The van der Waals surface area contributed by atoms with Gasteiger partial charge in [-0.05, 0) is 74.0 Å². The lowest BCUT2D eigenvalue weighted by Gasteiger charge is -2.61. The van der Waals surface area contributed by atoms with Gasteiger partial charge in [0.1, 0.15) is 0 Å². The van der Waals surface area contributed by atoms with Crippen LogP contribution in [0.1, 0.15) is 72.1 Å². The maximum atomic E-state index is 10.2. The molecular formula is C20H31NO2. The first kappa shape index (κ1) is 15.7. The highest BCUT2D eigenvalue weighted by atomic mass is 16.4. The summed E-state index contributed by atoms with van der Waals surface area (Å²) in [6.45, 7) is 7.19. The first-order valence-electron chi connectivity index (χ1n) is 9.44. The largest absolute Gasteiger partial charge is 0.411 e. The van der Waals surface area contributed by atoms with Crippen LogP contribution in [0.25, 0.3) is 0 Å². The number of oxime groups is 1. The van der Waals surface area contributed by atoms with Crippen molar-refractivity contribution >= 4 is 5.71 Å². The molecule has 0 bridgehead atoms. The SMILES string of the molecule is C[C@@]12CC[C@@H]3C(=CC[C@]4(C)/C(=N/O)CC[C@@H]34)[C@@]1(C)CC[C@@H](O)C2. The van der Waals surface area contributed by atoms with Crippen molar-refractivity contribution in [1.29, 1.82) is 0 Å². The van der Waals surface area contributed by atoms with Crippen molar-refractivity contribution in [2.24, 2.45) is 33.2 Å². The predicted molar refractivity (Wildman–Crippen MR) is 91.5 cm³/mol. The molecule has 23 heavy (non-hydrogen) atoms. The Kier molecular flexibility index (Phi) is 3.30. The second-order valence-corrected chi connectivity index (χ2v) is 9.41. The summed E-state index contributed by atoms with van der Waals surface area (Å²) < 4.78 is 0. The number of aliphatic hydroxyl groups excluding tert-OH is 1. The number of allylic oxidation sites excluding steroid dienone is 2. The highest BCUT2D eigenvalue weighted by molar-refractivity contribution is 5.92. The summed E-state index contributed by atoms with van der Waals surface area (Å²) in [5.74, 6) is 1.29. The molecule has 3 fully saturated rings. The maximum Gasteiger partial charge on any atom is 0.0635 e. The third kappa shape index (κ3) is 1.89. The second kappa shape index (κ2) is 4.84. The Bertz CT molecular complexity index is 582. The van der Waals surface area contributed by atoms with Gasteiger partial charge in [0, 0.05) is 5.41 Å². The minimum absolute atomic E-state index is 0.0706. The van der Waals surface area contributed by atoms with E-state index >= 15 is 0 Å². The van der Waals surface area contributed by atoms with Crippen LogP contribution in [0.4, 0.5) is 0 Å². The third-order valence-electron chi connectivity index (χ3n) is 8.56. The summed E-state index contributed by atoms with van der Waals surface area (Å²) in [5.41, 5.74) is 3.26. The highest BCUT2D eigenvalue weighted by Crippen LogP contribution is 2.67. The zero-order valence-electron chi connectivity index (χ0n) is 14.8. The van der Waals surface area contributed by atoms with Crippen molar-refractivity contribution in [3.63, 3.8) is 0 Å². The molecule has 0 radical (unpaired) electrons. The molecule has 0 heterocycles. The number of hydrogen-bond donors (Lipinski definition) is 2. The summed E-state index contributed by atoms with van der Waals surface area (Å²) in [7, 11) is 0. The fourth-order valence-corrected chi connectivity index (χ4v) is 6.82. The molecular weight excluding hydrogens is 286 g/mol. The summed E-state index contributed by atoms with van der Waals surface area (Å²) in [6, 6.07) is 0. The van der Waals surface area contributed by atoms with E-state index in [2.05, 4.69) is 32.0 Å². The number of rotatable bonds is 0. The van der Waals surface area contributed by atoms with E-state index in [0.717, 1.165) is 37.8 Å². The molecule has 4 rings (SSSR count). The van der Waals surface area contributed by atoms with Gasteiger partial charge in [-0.2, -0.15) is 0 Å². The van der Waals surface area contributed by atoms with Gasteiger partial charge in [0.15, 0.2) is 0 Å². The topological polar surface area (TPSA) is 52.8 Å². The van der Waals surface area contributed by atoms with Crippen LogP contribution in [0.3, 0.4) is 0 Å². The normalized spacial score (nSPS) is 54.2. The lowest BCUT2D eigenvalue weighted by Crippen LogP contribution is -2.53. The lowest BCUT2D eigenvalue weighted by molar-refractivity contribution is -0.0664. The van der Waals surface area contributed by atoms with E-state index < -0.39 is 0 Å². The van der Waals surface area contributed by atoms with Crippen molar-refractivity contribution < 1.29 is 10.3 Å². The molecule has 3 nitrogen and oxygen atoms in total. The quantitative estimate of drug-likeness (QED) is 0.392. The first-order chi connectivity index (χ1) is 10.8. The Morgan fingerprint density at radius 3 is 2.65 bits per heavy atom. The van der Waals surface area contributed by atoms with Gasteiger partial charge in [-0.3, -0.25) is 0 Å². The molecule has 2 N–H and O–H groups in total. The van der Waals surface area contributed by atoms with Crippen LogP contribution in [0, 0.1) is 28.1 Å². The van der Waals surface area contributed by atoms with Gasteiger partial charge in [-0.15, -0.1) is 0 Å². The Hall–Kier alpha value is -0.830. The Labute approximate surface area is 139 Å². The standard InChI is InChI=1S/C20H31NO2/c1-18-9-7-14-15-4-5-17(21-23)19(15,2)10-8-16(14)20(18,3)11-6-13(22)12-18/h8,13-15,22-23H,4-7,9-12H2,1-3H3/b21-17+/t13-,14+,15+,18+,19+,20-/m1/s1.